The van der Waals surface area contributed by atoms with Crippen molar-refractivity contribution in [1.82, 2.24) is 4.90 Å². The van der Waals surface area contributed by atoms with Crippen LogP contribution < -0.4 is 24.0 Å². The van der Waals surface area contributed by atoms with Crippen LogP contribution in [0.25, 0.3) is 0 Å². The number of carbonyl (C=O) groups is 3. The molecule has 1 aliphatic heterocycles. The van der Waals surface area contributed by atoms with E-state index in [0.717, 1.165) is 4.90 Å². The van der Waals surface area contributed by atoms with Crippen molar-refractivity contribution >= 4 is 17.8 Å². The van der Waals surface area contributed by atoms with Gasteiger partial charge in [0, 0.05) is 0 Å². The van der Waals surface area contributed by atoms with Crippen molar-refractivity contribution < 1.29 is 38.4 Å². The number of carbonyl (C=O) groups excluding carboxylic acids is 3. The molecular weight excluding hydrogens is 253 g/mol. The first-order valence-corrected chi connectivity index (χ1v) is 6.11. The van der Waals surface area contributed by atoms with Crippen LogP contribution in [0.15, 0.2) is 24.3 Å². The number of amides is 2. The van der Waals surface area contributed by atoms with Crippen LogP contribution in [0.3, 0.4) is 0 Å². The number of nitrogens with zero attached hydrogens (tertiary/aromatic N) is 1. The summed E-state index contributed by atoms with van der Waals surface area (Å²) in [6.07, 6.45) is 0.188. The minimum absolute atomic E-state index is 0. The molecule has 1 atom stereocenters. The van der Waals surface area contributed by atoms with E-state index in [-0.39, 0.29) is 42.3 Å². The van der Waals surface area contributed by atoms with E-state index in [4.69, 9.17) is 0 Å². The summed E-state index contributed by atoms with van der Waals surface area (Å²) in [5.74, 6) is -2.48. The predicted octanol–water partition coefficient (Wildman–Crippen LogP) is -2.55. The molecule has 2 amide bonds. The number of carboxylic acid groups (broad SMARTS) is 1. The molecule has 0 spiro atoms. The third-order valence-electron chi connectivity index (χ3n) is 3.10. The fourth-order valence-corrected chi connectivity index (χ4v) is 2.24. The van der Waals surface area contributed by atoms with Gasteiger partial charge in [-0.2, -0.15) is 0 Å². The van der Waals surface area contributed by atoms with Crippen LogP contribution in [0.4, 0.5) is 0 Å². The SMILES string of the molecule is CC(C)CC(C(=O)[O-])N1C(=O)c2ccccc2C1=O.[Li+]. The molecule has 0 aromatic heterocycles. The van der Waals surface area contributed by atoms with E-state index < -0.39 is 23.8 Å². The molecule has 0 bridgehead atoms. The Morgan fingerprint density at radius 2 is 1.60 bits per heavy atom. The van der Waals surface area contributed by atoms with Crippen molar-refractivity contribution in [2.24, 2.45) is 5.92 Å². The third kappa shape index (κ3) is 2.79. The van der Waals surface area contributed by atoms with E-state index in [0.29, 0.717) is 0 Å². The van der Waals surface area contributed by atoms with Crippen LogP contribution in [-0.4, -0.2) is 28.7 Å². The Hall–Kier alpha value is -1.57. The van der Waals surface area contributed by atoms with Gasteiger partial charge in [-0.1, -0.05) is 26.0 Å². The topological polar surface area (TPSA) is 77.5 Å². The molecule has 20 heavy (non-hydrogen) atoms. The van der Waals surface area contributed by atoms with Crippen LogP contribution in [0, 0.1) is 5.92 Å². The van der Waals surface area contributed by atoms with Crippen molar-refractivity contribution in [2.75, 3.05) is 0 Å². The molecule has 2 rings (SSSR count). The predicted molar refractivity (Wildman–Crippen MR) is 65.2 cm³/mol. The Balaban J connectivity index is 0.00000200. The molecule has 1 aromatic carbocycles. The molecule has 1 unspecified atom stereocenters. The Kier molecular flexibility index (Phi) is 5.15. The van der Waals surface area contributed by atoms with Gasteiger partial charge in [0.2, 0.25) is 0 Å². The first-order valence-electron chi connectivity index (χ1n) is 6.11. The minimum Gasteiger partial charge on any atom is -0.548 e. The smallest absolute Gasteiger partial charge is 0.548 e. The fraction of sp³-hybridized carbons (Fsp3) is 0.357. The Bertz CT molecular complexity index is 521. The summed E-state index contributed by atoms with van der Waals surface area (Å²) in [6, 6.07) is 5.12. The minimum atomic E-state index is -1.40. The number of aliphatic carboxylic acids is 1. The molecule has 6 heteroatoms. The monoisotopic (exact) mass is 267 g/mol. The number of benzene rings is 1. The van der Waals surface area contributed by atoms with Crippen LogP contribution in [0.1, 0.15) is 41.0 Å². The molecule has 5 nitrogen and oxygen atoms in total. The largest absolute Gasteiger partial charge is 1.00 e. The average molecular weight is 267 g/mol. The fourth-order valence-electron chi connectivity index (χ4n) is 2.24. The summed E-state index contributed by atoms with van der Waals surface area (Å²) in [6.45, 7) is 3.65. The van der Waals surface area contributed by atoms with Gasteiger partial charge < -0.3 is 9.90 Å². The summed E-state index contributed by atoms with van der Waals surface area (Å²) in [5.41, 5.74) is 0.505. The molecule has 1 aromatic rings. The van der Waals surface area contributed by atoms with E-state index in [1.54, 1.807) is 12.1 Å². The van der Waals surface area contributed by atoms with Gasteiger partial charge in [-0.05, 0) is 24.5 Å². The summed E-state index contributed by atoms with van der Waals surface area (Å²) in [7, 11) is 0. The van der Waals surface area contributed by atoms with E-state index >= 15 is 0 Å². The Labute approximate surface area is 129 Å². The molecule has 0 aliphatic carbocycles. The Morgan fingerprint density at radius 1 is 1.15 bits per heavy atom. The molecule has 0 saturated heterocycles. The van der Waals surface area contributed by atoms with Crippen molar-refractivity contribution in [2.45, 2.75) is 26.3 Å². The number of carboxylic acids is 1. The zero-order chi connectivity index (χ0) is 14.2. The zero-order valence-corrected chi connectivity index (χ0v) is 11.8. The van der Waals surface area contributed by atoms with Crippen LogP contribution in [-0.2, 0) is 4.79 Å². The summed E-state index contributed by atoms with van der Waals surface area (Å²) in [5, 5.41) is 11.2. The molecule has 1 heterocycles. The third-order valence-corrected chi connectivity index (χ3v) is 3.10. The molecule has 0 fully saturated rings. The van der Waals surface area contributed by atoms with Gasteiger partial charge in [-0.25, -0.2) is 0 Å². The molecule has 100 valence electrons. The maximum absolute atomic E-state index is 12.1. The number of rotatable bonds is 4. The van der Waals surface area contributed by atoms with E-state index in [1.807, 2.05) is 13.8 Å². The number of hydrogen-bond acceptors (Lipinski definition) is 4. The second-order valence-electron chi connectivity index (χ2n) is 4.99. The molecule has 1 aliphatic rings. The van der Waals surface area contributed by atoms with Crippen molar-refractivity contribution in [1.29, 1.82) is 0 Å². The molecule has 0 saturated carbocycles. The summed E-state index contributed by atoms with van der Waals surface area (Å²) < 4.78 is 0. The van der Waals surface area contributed by atoms with Crippen molar-refractivity contribution in [3.05, 3.63) is 35.4 Å². The standard InChI is InChI=1S/C14H15NO4.Li/c1-8(2)7-11(14(18)19)15-12(16)9-5-3-4-6-10(9)13(15)17;/h3-6,8,11H,7H2,1-2H3,(H,18,19);/q;+1/p-1. The summed E-state index contributed by atoms with van der Waals surface area (Å²) in [4.78, 5) is 36.3. The van der Waals surface area contributed by atoms with Gasteiger partial charge in [-0.15, -0.1) is 0 Å². The molecular formula is C14H14LiNO4. The number of fused-ring (bicyclic) bond motifs is 1. The average Bonchev–Trinajstić information content (AvgIpc) is 2.60. The van der Waals surface area contributed by atoms with Gasteiger partial charge >= 0.3 is 18.9 Å². The maximum Gasteiger partial charge on any atom is 1.00 e. The molecule has 0 radical (unpaired) electrons. The first-order chi connectivity index (χ1) is 8.93. The van der Waals surface area contributed by atoms with E-state index in [1.165, 1.54) is 12.1 Å². The normalized spacial score (nSPS) is 15.1. The van der Waals surface area contributed by atoms with Gasteiger partial charge in [0.25, 0.3) is 11.8 Å². The maximum atomic E-state index is 12.1. The van der Waals surface area contributed by atoms with Gasteiger partial charge in [0.05, 0.1) is 23.1 Å². The van der Waals surface area contributed by atoms with Crippen LogP contribution in [0.5, 0.6) is 0 Å². The van der Waals surface area contributed by atoms with E-state index in [9.17, 15) is 19.5 Å². The molecule has 0 N–H and O–H groups in total. The second-order valence-corrected chi connectivity index (χ2v) is 4.99. The second kappa shape index (κ2) is 6.25. The quantitative estimate of drug-likeness (QED) is 0.444. The Morgan fingerprint density at radius 3 is 1.95 bits per heavy atom. The first kappa shape index (κ1) is 16.5. The van der Waals surface area contributed by atoms with Crippen LogP contribution in [0.2, 0.25) is 0 Å². The summed E-state index contributed by atoms with van der Waals surface area (Å²) >= 11 is 0. The number of hydrogen-bond donors (Lipinski definition) is 0. The zero-order valence-electron chi connectivity index (χ0n) is 11.8. The van der Waals surface area contributed by atoms with Gasteiger partial charge in [-0.3, -0.25) is 14.5 Å². The van der Waals surface area contributed by atoms with Gasteiger partial charge in [0.1, 0.15) is 0 Å². The number of imide groups is 1. The van der Waals surface area contributed by atoms with Crippen molar-refractivity contribution in [3.8, 4) is 0 Å². The van der Waals surface area contributed by atoms with Crippen LogP contribution >= 0.6 is 0 Å². The van der Waals surface area contributed by atoms with E-state index in [2.05, 4.69) is 0 Å². The van der Waals surface area contributed by atoms with Gasteiger partial charge in [0.15, 0.2) is 0 Å². The van der Waals surface area contributed by atoms with Crippen molar-refractivity contribution in [3.63, 3.8) is 0 Å².